The standard InChI is InChI=1S/C17H24FN3O/c18-14-5-4-6-15(13-14)19-17(22)21-11-9-20(10-12-21)16-7-2-1-3-8-16/h4-6,13,16H,1-3,7-12H2,(H,19,22). The van der Waals surface area contributed by atoms with Crippen molar-refractivity contribution >= 4 is 11.7 Å². The van der Waals surface area contributed by atoms with Gasteiger partial charge in [-0.3, -0.25) is 4.90 Å². The summed E-state index contributed by atoms with van der Waals surface area (Å²) in [4.78, 5) is 16.6. The molecule has 4 nitrogen and oxygen atoms in total. The Hall–Kier alpha value is -1.62. The lowest BCUT2D eigenvalue weighted by atomic mass is 9.94. The highest BCUT2D eigenvalue weighted by Crippen LogP contribution is 2.23. The molecule has 0 atom stereocenters. The number of carbonyl (C=O) groups is 1. The number of hydrogen-bond donors (Lipinski definition) is 1. The van der Waals surface area contributed by atoms with Crippen molar-refractivity contribution in [3.63, 3.8) is 0 Å². The quantitative estimate of drug-likeness (QED) is 0.910. The van der Waals surface area contributed by atoms with E-state index in [0.717, 1.165) is 26.2 Å². The molecule has 0 aromatic heterocycles. The van der Waals surface area contributed by atoms with E-state index in [1.54, 1.807) is 12.1 Å². The van der Waals surface area contributed by atoms with E-state index in [9.17, 15) is 9.18 Å². The first kappa shape index (κ1) is 15.3. The third kappa shape index (κ3) is 3.77. The average Bonchev–Trinajstić information content (AvgIpc) is 2.56. The van der Waals surface area contributed by atoms with Crippen LogP contribution in [0, 0.1) is 5.82 Å². The number of hydrogen-bond acceptors (Lipinski definition) is 2. The summed E-state index contributed by atoms with van der Waals surface area (Å²) in [5.74, 6) is -0.333. The molecule has 2 fully saturated rings. The van der Waals surface area contributed by atoms with E-state index in [-0.39, 0.29) is 11.8 Å². The van der Waals surface area contributed by atoms with Crippen LogP contribution in [0.15, 0.2) is 24.3 Å². The minimum absolute atomic E-state index is 0.131. The van der Waals surface area contributed by atoms with Gasteiger partial charge in [-0.25, -0.2) is 9.18 Å². The SMILES string of the molecule is O=C(Nc1cccc(F)c1)N1CCN(C2CCCCC2)CC1. The van der Waals surface area contributed by atoms with Crippen LogP contribution < -0.4 is 5.32 Å². The predicted octanol–water partition coefficient (Wildman–Crippen LogP) is 3.31. The maximum absolute atomic E-state index is 13.1. The summed E-state index contributed by atoms with van der Waals surface area (Å²) in [5, 5.41) is 2.78. The number of anilines is 1. The molecule has 1 aromatic carbocycles. The Kier molecular flexibility index (Phi) is 4.93. The monoisotopic (exact) mass is 305 g/mol. The van der Waals surface area contributed by atoms with Gasteiger partial charge in [-0.2, -0.15) is 0 Å². The number of amides is 2. The summed E-state index contributed by atoms with van der Waals surface area (Å²) >= 11 is 0. The number of rotatable bonds is 2. The average molecular weight is 305 g/mol. The van der Waals surface area contributed by atoms with Crippen LogP contribution in [0.2, 0.25) is 0 Å². The molecular weight excluding hydrogens is 281 g/mol. The van der Waals surface area contributed by atoms with Crippen LogP contribution in [-0.4, -0.2) is 48.1 Å². The van der Waals surface area contributed by atoms with Crippen LogP contribution in [0.3, 0.4) is 0 Å². The fourth-order valence-electron chi connectivity index (χ4n) is 3.51. The van der Waals surface area contributed by atoms with Crippen molar-refractivity contribution in [1.82, 2.24) is 9.80 Å². The van der Waals surface area contributed by atoms with E-state index in [0.29, 0.717) is 11.7 Å². The normalized spacial score (nSPS) is 20.9. The molecule has 120 valence electrons. The minimum atomic E-state index is -0.333. The Labute approximate surface area is 131 Å². The van der Waals surface area contributed by atoms with Gasteiger partial charge in [0.2, 0.25) is 0 Å². The zero-order chi connectivity index (χ0) is 15.4. The number of piperazine rings is 1. The second kappa shape index (κ2) is 7.09. The highest BCUT2D eigenvalue weighted by atomic mass is 19.1. The van der Waals surface area contributed by atoms with Gasteiger partial charge in [0.1, 0.15) is 5.82 Å². The van der Waals surface area contributed by atoms with E-state index in [2.05, 4.69) is 10.2 Å². The van der Waals surface area contributed by atoms with Crippen molar-refractivity contribution in [2.45, 2.75) is 38.1 Å². The van der Waals surface area contributed by atoms with Crippen LogP contribution in [0.4, 0.5) is 14.9 Å². The number of halogens is 1. The second-order valence-corrected chi connectivity index (χ2v) is 6.26. The summed E-state index contributed by atoms with van der Waals surface area (Å²) in [6.07, 6.45) is 6.65. The zero-order valence-corrected chi connectivity index (χ0v) is 12.9. The maximum Gasteiger partial charge on any atom is 0.321 e. The molecule has 1 heterocycles. The highest BCUT2D eigenvalue weighted by Gasteiger charge is 2.26. The lowest BCUT2D eigenvalue weighted by Gasteiger charge is -2.40. The zero-order valence-electron chi connectivity index (χ0n) is 12.9. The van der Waals surface area contributed by atoms with E-state index in [1.165, 1.54) is 44.2 Å². The number of carbonyl (C=O) groups excluding carboxylic acids is 1. The molecule has 2 aliphatic rings. The molecule has 1 aromatic rings. The minimum Gasteiger partial charge on any atom is -0.322 e. The van der Waals surface area contributed by atoms with Crippen molar-refractivity contribution in [2.24, 2.45) is 0 Å². The largest absolute Gasteiger partial charge is 0.322 e. The van der Waals surface area contributed by atoms with Crippen molar-refractivity contribution in [3.05, 3.63) is 30.1 Å². The maximum atomic E-state index is 13.1. The molecule has 1 aliphatic heterocycles. The van der Waals surface area contributed by atoms with Gasteiger partial charge >= 0.3 is 6.03 Å². The first-order chi connectivity index (χ1) is 10.7. The topological polar surface area (TPSA) is 35.6 Å². The molecule has 2 amide bonds. The first-order valence-electron chi connectivity index (χ1n) is 8.28. The van der Waals surface area contributed by atoms with Crippen molar-refractivity contribution < 1.29 is 9.18 Å². The van der Waals surface area contributed by atoms with Crippen molar-refractivity contribution in [2.75, 3.05) is 31.5 Å². The Balaban J connectivity index is 1.49. The van der Waals surface area contributed by atoms with Crippen molar-refractivity contribution in [1.29, 1.82) is 0 Å². The molecule has 1 saturated carbocycles. The summed E-state index contributed by atoms with van der Waals surface area (Å²) < 4.78 is 13.1. The molecule has 22 heavy (non-hydrogen) atoms. The molecule has 1 saturated heterocycles. The fourth-order valence-corrected chi connectivity index (χ4v) is 3.51. The third-order valence-corrected chi connectivity index (χ3v) is 4.77. The van der Waals surface area contributed by atoms with Gasteiger partial charge in [0.05, 0.1) is 0 Å². The van der Waals surface area contributed by atoms with E-state index in [1.807, 2.05) is 4.90 Å². The number of benzene rings is 1. The molecule has 0 bridgehead atoms. The van der Waals surface area contributed by atoms with E-state index in [4.69, 9.17) is 0 Å². The van der Waals surface area contributed by atoms with Gasteiger partial charge in [0.25, 0.3) is 0 Å². The Morgan fingerprint density at radius 1 is 1.09 bits per heavy atom. The van der Waals surface area contributed by atoms with Crippen molar-refractivity contribution in [3.8, 4) is 0 Å². The molecule has 1 N–H and O–H groups in total. The first-order valence-corrected chi connectivity index (χ1v) is 8.28. The summed E-state index contributed by atoms with van der Waals surface area (Å²) in [5.41, 5.74) is 0.514. The molecule has 0 radical (unpaired) electrons. The van der Waals surface area contributed by atoms with Crippen LogP contribution >= 0.6 is 0 Å². The number of urea groups is 1. The highest BCUT2D eigenvalue weighted by molar-refractivity contribution is 5.89. The fraction of sp³-hybridized carbons (Fsp3) is 0.588. The van der Waals surface area contributed by atoms with Gasteiger partial charge < -0.3 is 10.2 Å². The number of nitrogens with one attached hydrogen (secondary N) is 1. The van der Waals surface area contributed by atoms with Gasteiger partial charge in [0.15, 0.2) is 0 Å². The summed E-state index contributed by atoms with van der Waals surface area (Å²) in [6, 6.07) is 6.61. The Morgan fingerprint density at radius 2 is 1.82 bits per heavy atom. The summed E-state index contributed by atoms with van der Waals surface area (Å²) in [6.45, 7) is 3.39. The van der Waals surface area contributed by atoms with Gasteiger partial charge in [-0.05, 0) is 31.0 Å². The molecule has 0 spiro atoms. The predicted molar refractivity (Wildman–Crippen MR) is 85.4 cm³/mol. The van der Waals surface area contributed by atoms with E-state index >= 15 is 0 Å². The smallest absolute Gasteiger partial charge is 0.321 e. The number of nitrogens with zero attached hydrogens (tertiary/aromatic N) is 2. The molecule has 3 rings (SSSR count). The molecule has 5 heteroatoms. The lowest BCUT2D eigenvalue weighted by molar-refractivity contribution is 0.0943. The lowest BCUT2D eigenvalue weighted by Crippen LogP contribution is -2.53. The van der Waals surface area contributed by atoms with Crippen LogP contribution in [0.25, 0.3) is 0 Å². The molecule has 1 aliphatic carbocycles. The van der Waals surface area contributed by atoms with E-state index < -0.39 is 0 Å². The second-order valence-electron chi connectivity index (χ2n) is 6.26. The third-order valence-electron chi connectivity index (χ3n) is 4.77. The van der Waals surface area contributed by atoms with Crippen LogP contribution in [0.1, 0.15) is 32.1 Å². The Morgan fingerprint density at radius 3 is 2.50 bits per heavy atom. The summed E-state index contributed by atoms with van der Waals surface area (Å²) in [7, 11) is 0. The van der Waals surface area contributed by atoms with Crippen LogP contribution in [0.5, 0.6) is 0 Å². The molecular formula is C17H24FN3O. The van der Waals surface area contributed by atoms with Crippen LogP contribution in [-0.2, 0) is 0 Å². The van der Waals surface area contributed by atoms with Gasteiger partial charge in [-0.15, -0.1) is 0 Å². The van der Waals surface area contributed by atoms with Gasteiger partial charge in [-0.1, -0.05) is 25.3 Å². The molecule has 0 unspecified atom stereocenters. The Bertz CT molecular complexity index is 508. The van der Waals surface area contributed by atoms with Gasteiger partial charge in [0, 0.05) is 37.9 Å².